The second-order valence-electron chi connectivity index (χ2n) is 5.46. The molecule has 3 nitrogen and oxygen atoms in total. The number of hydrogen-bond acceptors (Lipinski definition) is 1. The number of carbonyl (C=O) groups is 1. The zero-order valence-corrected chi connectivity index (χ0v) is 13.1. The number of H-pyrrole nitrogens is 1. The second kappa shape index (κ2) is 7.23. The zero-order chi connectivity index (χ0) is 15.2. The van der Waals surface area contributed by atoms with Crippen molar-refractivity contribution in [2.45, 2.75) is 20.3 Å². The van der Waals surface area contributed by atoms with Crippen LogP contribution in [0.3, 0.4) is 0 Å². The number of hydrogen-bond donors (Lipinski definition) is 1. The lowest BCUT2D eigenvalue weighted by Gasteiger charge is -2.07. The lowest BCUT2D eigenvalue weighted by molar-refractivity contribution is -0.377. The molecule has 0 bridgehead atoms. The molecule has 0 aliphatic rings. The van der Waals surface area contributed by atoms with Crippen molar-refractivity contribution in [2.75, 3.05) is 6.54 Å². The minimum Gasteiger partial charge on any atom is -0.352 e. The van der Waals surface area contributed by atoms with E-state index in [4.69, 9.17) is 11.6 Å². The van der Waals surface area contributed by atoms with Crippen molar-refractivity contribution in [1.29, 1.82) is 0 Å². The Hall–Kier alpha value is -1.87. The van der Waals surface area contributed by atoms with Gasteiger partial charge in [0.05, 0.1) is 0 Å². The lowest BCUT2D eigenvalue weighted by Crippen LogP contribution is -2.26. The molecule has 0 saturated heterocycles. The molecule has 1 aromatic carbocycles. The van der Waals surface area contributed by atoms with Crippen LogP contribution in [0.25, 0.3) is 11.1 Å². The van der Waals surface area contributed by atoms with Gasteiger partial charge in [-0.1, -0.05) is 37.6 Å². The van der Waals surface area contributed by atoms with Crippen molar-refractivity contribution in [1.82, 2.24) is 5.32 Å². The Labute approximate surface area is 130 Å². The van der Waals surface area contributed by atoms with Gasteiger partial charge in [-0.25, -0.2) is 4.98 Å². The Morgan fingerprint density at radius 2 is 2.05 bits per heavy atom. The first-order valence-electron chi connectivity index (χ1n) is 7.11. The van der Waals surface area contributed by atoms with Crippen LogP contribution in [0.15, 0.2) is 42.7 Å². The highest BCUT2D eigenvalue weighted by Gasteiger charge is 2.11. The Morgan fingerprint density at radius 3 is 2.76 bits per heavy atom. The zero-order valence-electron chi connectivity index (χ0n) is 12.3. The van der Waals surface area contributed by atoms with Crippen LogP contribution in [-0.2, 0) is 0 Å². The van der Waals surface area contributed by atoms with Gasteiger partial charge in [0, 0.05) is 17.1 Å². The number of nitrogens with one attached hydrogen (secondary N) is 2. The fourth-order valence-electron chi connectivity index (χ4n) is 2.01. The van der Waals surface area contributed by atoms with E-state index in [2.05, 4.69) is 24.1 Å². The van der Waals surface area contributed by atoms with E-state index in [-0.39, 0.29) is 5.91 Å². The molecular weight excluding hydrogens is 284 g/mol. The molecule has 0 aliphatic heterocycles. The van der Waals surface area contributed by atoms with Gasteiger partial charge < -0.3 is 5.32 Å². The van der Waals surface area contributed by atoms with E-state index in [0.717, 1.165) is 17.5 Å². The van der Waals surface area contributed by atoms with Crippen LogP contribution < -0.4 is 10.3 Å². The molecule has 0 unspecified atom stereocenters. The number of benzene rings is 1. The molecule has 0 atom stereocenters. The highest BCUT2D eigenvalue weighted by atomic mass is 35.5. The smallest absolute Gasteiger partial charge is 0.257 e. The van der Waals surface area contributed by atoms with Crippen molar-refractivity contribution in [3.63, 3.8) is 0 Å². The van der Waals surface area contributed by atoms with Crippen molar-refractivity contribution in [3.8, 4) is 11.1 Å². The number of halogens is 1. The molecule has 1 aromatic heterocycles. The van der Waals surface area contributed by atoms with E-state index in [1.54, 1.807) is 6.20 Å². The molecule has 0 saturated carbocycles. The monoisotopic (exact) mass is 303 g/mol. The molecule has 0 radical (unpaired) electrons. The molecule has 0 aliphatic carbocycles. The van der Waals surface area contributed by atoms with Gasteiger partial charge >= 0.3 is 0 Å². The second-order valence-corrected chi connectivity index (χ2v) is 5.90. The van der Waals surface area contributed by atoms with E-state index in [1.165, 1.54) is 0 Å². The standard InChI is InChI=1S/C17H19ClN2O/c1-12(2)6-7-20-17(21)15-8-14(10-19-11-15)13-4-3-5-16(18)9-13/h3-5,8-12H,6-7H2,1-2H3,(H,20,21)/p+1. The van der Waals surface area contributed by atoms with Crippen LogP contribution in [0.2, 0.25) is 5.02 Å². The van der Waals surface area contributed by atoms with Crippen molar-refractivity contribution < 1.29 is 9.78 Å². The average Bonchev–Trinajstić information content (AvgIpc) is 2.47. The maximum absolute atomic E-state index is 12.1. The summed E-state index contributed by atoms with van der Waals surface area (Å²) in [4.78, 5) is 15.1. The number of carbonyl (C=O) groups excluding carboxylic acids is 1. The lowest BCUT2D eigenvalue weighted by atomic mass is 10.1. The number of aromatic amines is 1. The molecule has 2 N–H and O–H groups in total. The number of rotatable bonds is 5. The quantitative estimate of drug-likeness (QED) is 0.901. The highest BCUT2D eigenvalue weighted by molar-refractivity contribution is 6.30. The van der Waals surface area contributed by atoms with Gasteiger partial charge in [-0.05, 0) is 36.1 Å². The fourth-order valence-corrected chi connectivity index (χ4v) is 2.20. The van der Waals surface area contributed by atoms with E-state index in [1.807, 2.05) is 36.5 Å². The summed E-state index contributed by atoms with van der Waals surface area (Å²) in [6.45, 7) is 4.97. The van der Waals surface area contributed by atoms with Gasteiger partial charge in [-0.3, -0.25) is 4.79 Å². The van der Waals surface area contributed by atoms with Crippen molar-refractivity contribution in [2.24, 2.45) is 5.92 Å². The predicted molar refractivity (Wildman–Crippen MR) is 85.2 cm³/mol. The van der Waals surface area contributed by atoms with Crippen LogP contribution in [-0.4, -0.2) is 12.5 Å². The Bertz CT molecular complexity index is 626. The normalized spacial score (nSPS) is 10.7. The minimum absolute atomic E-state index is 0.0595. The molecule has 1 heterocycles. The Morgan fingerprint density at radius 1 is 1.24 bits per heavy atom. The van der Waals surface area contributed by atoms with Gasteiger partial charge in [0.2, 0.25) is 0 Å². The topological polar surface area (TPSA) is 43.2 Å². The number of amides is 1. The first-order chi connectivity index (χ1) is 10.1. The van der Waals surface area contributed by atoms with E-state index >= 15 is 0 Å². The number of aromatic nitrogens is 1. The molecule has 0 fully saturated rings. The third kappa shape index (κ3) is 4.57. The third-order valence-corrected chi connectivity index (χ3v) is 3.45. The predicted octanol–water partition coefficient (Wildman–Crippen LogP) is 3.60. The van der Waals surface area contributed by atoms with Crippen LogP contribution in [0, 0.1) is 5.92 Å². The van der Waals surface area contributed by atoms with Gasteiger partial charge in [-0.2, -0.15) is 0 Å². The summed E-state index contributed by atoms with van der Waals surface area (Å²) < 4.78 is 0. The molecule has 4 heteroatoms. The first kappa shape index (κ1) is 15.5. The summed E-state index contributed by atoms with van der Waals surface area (Å²) in [5.41, 5.74) is 2.54. The summed E-state index contributed by atoms with van der Waals surface area (Å²) in [6, 6.07) is 9.44. The van der Waals surface area contributed by atoms with E-state index in [9.17, 15) is 4.79 Å². The molecule has 1 amide bonds. The van der Waals surface area contributed by atoms with E-state index in [0.29, 0.717) is 23.0 Å². The van der Waals surface area contributed by atoms with E-state index < -0.39 is 0 Å². The van der Waals surface area contributed by atoms with Crippen molar-refractivity contribution >= 4 is 17.5 Å². The summed E-state index contributed by atoms with van der Waals surface area (Å²) in [5, 5.41) is 3.62. The molecule has 110 valence electrons. The fraction of sp³-hybridized carbons (Fsp3) is 0.294. The summed E-state index contributed by atoms with van der Waals surface area (Å²) >= 11 is 6.01. The van der Waals surface area contributed by atoms with Gasteiger partial charge in [0.25, 0.3) is 5.91 Å². The van der Waals surface area contributed by atoms with Gasteiger partial charge in [0.1, 0.15) is 5.56 Å². The van der Waals surface area contributed by atoms with Crippen LogP contribution in [0.4, 0.5) is 0 Å². The average molecular weight is 304 g/mol. The summed E-state index contributed by atoms with van der Waals surface area (Å²) in [7, 11) is 0. The summed E-state index contributed by atoms with van der Waals surface area (Å²) in [6.07, 6.45) is 4.54. The summed E-state index contributed by atoms with van der Waals surface area (Å²) in [5.74, 6) is 0.519. The molecular formula is C17H20ClN2O+. The van der Waals surface area contributed by atoms with Gasteiger partial charge in [-0.15, -0.1) is 0 Å². The maximum Gasteiger partial charge on any atom is 0.257 e. The maximum atomic E-state index is 12.1. The molecule has 2 rings (SSSR count). The largest absolute Gasteiger partial charge is 0.352 e. The highest BCUT2D eigenvalue weighted by Crippen LogP contribution is 2.21. The Balaban J connectivity index is 2.12. The first-order valence-corrected chi connectivity index (χ1v) is 7.49. The van der Waals surface area contributed by atoms with Crippen LogP contribution >= 0.6 is 11.6 Å². The molecule has 0 spiro atoms. The SMILES string of the molecule is CC(C)CCNC(=O)c1c[nH+]cc(-c2cccc(Cl)c2)c1. The minimum atomic E-state index is -0.0595. The Kier molecular flexibility index (Phi) is 5.34. The van der Waals surface area contributed by atoms with Crippen LogP contribution in [0.1, 0.15) is 30.6 Å². The molecule has 2 aromatic rings. The third-order valence-electron chi connectivity index (χ3n) is 3.22. The molecule has 21 heavy (non-hydrogen) atoms. The van der Waals surface area contributed by atoms with Gasteiger partial charge in [0.15, 0.2) is 12.4 Å². The number of pyridine rings is 1. The van der Waals surface area contributed by atoms with Crippen LogP contribution in [0.5, 0.6) is 0 Å². The van der Waals surface area contributed by atoms with Crippen molar-refractivity contribution in [3.05, 3.63) is 53.3 Å².